The highest BCUT2D eigenvalue weighted by Gasteiger charge is 2.20. The van der Waals surface area contributed by atoms with Crippen LogP contribution in [0.4, 0.5) is 25.0 Å². The van der Waals surface area contributed by atoms with Crippen LogP contribution in [-0.2, 0) is 10.0 Å². The molecule has 28 heavy (non-hydrogen) atoms. The smallest absolute Gasteiger partial charge is 0.321 e. The predicted octanol–water partition coefficient (Wildman–Crippen LogP) is 4.17. The Morgan fingerprint density at radius 2 is 1.50 bits per heavy atom. The molecule has 6 nitrogen and oxygen atoms in total. The second-order valence-electron chi connectivity index (χ2n) is 6.59. The van der Waals surface area contributed by atoms with Crippen molar-refractivity contribution in [2.24, 2.45) is 0 Å². The monoisotopic (exact) mass is 409 g/mol. The fourth-order valence-electron chi connectivity index (χ4n) is 2.99. The lowest BCUT2D eigenvalue weighted by molar-refractivity contribution is 0.214. The maximum absolute atomic E-state index is 13.7. The zero-order valence-corrected chi connectivity index (χ0v) is 15.9. The van der Waals surface area contributed by atoms with Crippen molar-refractivity contribution in [3.63, 3.8) is 0 Å². The Bertz CT molecular complexity index is 941. The Labute approximate surface area is 162 Å². The third kappa shape index (κ3) is 4.98. The molecule has 3 rings (SSSR count). The second-order valence-corrected chi connectivity index (χ2v) is 8.24. The number of nitrogens with zero attached hydrogens (tertiary/aromatic N) is 1. The number of benzene rings is 2. The summed E-state index contributed by atoms with van der Waals surface area (Å²) in [5.41, 5.74) is 0.672. The third-order valence-corrected chi connectivity index (χ3v) is 5.86. The van der Waals surface area contributed by atoms with Crippen molar-refractivity contribution in [1.29, 1.82) is 0 Å². The summed E-state index contributed by atoms with van der Waals surface area (Å²) < 4.78 is 53.8. The standard InChI is InChI=1S/C19H21F2N3O3S/c20-14-5-10-17(21)18(13-14)28(26,27)23-16-8-6-15(7-9-16)22-19(25)24-11-3-1-2-4-12-24/h5-10,13,23H,1-4,11-12H2,(H,22,25). The minimum Gasteiger partial charge on any atom is -0.325 e. The van der Waals surface area contributed by atoms with Gasteiger partial charge in [0, 0.05) is 24.5 Å². The first-order valence-corrected chi connectivity index (χ1v) is 10.5. The number of anilines is 2. The van der Waals surface area contributed by atoms with E-state index in [-0.39, 0.29) is 11.7 Å². The second kappa shape index (κ2) is 8.55. The molecular weight excluding hydrogens is 388 g/mol. The number of likely N-dealkylation sites (tertiary alicyclic amines) is 1. The maximum Gasteiger partial charge on any atom is 0.321 e. The van der Waals surface area contributed by atoms with Crippen LogP contribution in [0.15, 0.2) is 47.4 Å². The van der Waals surface area contributed by atoms with Crippen molar-refractivity contribution in [3.05, 3.63) is 54.1 Å². The summed E-state index contributed by atoms with van der Waals surface area (Å²) >= 11 is 0. The van der Waals surface area contributed by atoms with Crippen LogP contribution in [0.5, 0.6) is 0 Å². The van der Waals surface area contributed by atoms with Crippen molar-refractivity contribution in [1.82, 2.24) is 4.90 Å². The Balaban J connectivity index is 1.67. The van der Waals surface area contributed by atoms with Crippen LogP contribution >= 0.6 is 0 Å². The first kappa shape index (κ1) is 20.1. The average molecular weight is 409 g/mol. The number of halogens is 2. The molecule has 1 fully saturated rings. The van der Waals surface area contributed by atoms with E-state index in [4.69, 9.17) is 0 Å². The molecule has 150 valence electrons. The molecule has 0 atom stereocenters. The topological polar surface area (TPSA) is 78.5 Å². The molecular formula is C19H21F2N3O3S. The predicted molar refractivity (Wildman–Crippen MR) is 103 cm³/mol. The number of amides is 2. The van der Waals surface area contributed by atoms with Gasteiger partial charge in [-0.25, -0.2) is 22.0 Å². The fourth-order valence-corrected chi connectivity index (χ4v) is 4.14. The number of sulfonamides is 1. The van der Waals surface area contributed by atoms with E-state index in [0.29, 0.717) is 24.8 Å². The quantitative estimate of drug-likeness (QED) is 0.795. The van der Waals surface area contributed by atoms with E-state index in [9.17, 15) is 22.0 Å². The molecule has 0 aromatic heterocycles. The number of hydrogen-bond donors (Lipinski definition) is 2. The highest BCUT2D eigenvalue weighted by molar-refractivity contribution is 7.92. The lowest BCUT2D eigenvalue weighted by atomic mass is 10.2. The molecule has 2 amide bonds. The minimum absolute atomic E-state index is 0.163. The zero-order valence-electron chi connectivity index (χ0n) is 15.1. The lowest BCUT2D eigenvalue weighted by Gasteiger charge is -2.20. The molecule has 9 heteroatoms. The summed E-state index contributed by atoms with van der Waals surface area (Å²) in [6.07, 6.45) is 4.19. The summed E-state index contributed by atoms with van der Waals surface area (Å²) in [5, 5.41) is 2.78. The summed E-state index contributed by atoms with van der Waals surface area (Å²) in [5.74, 6) is -1.90. The van der Waals surface area contributed by atoms with E-state index in [1.807, 2.05) is 0 Å². The molecule has 1 aliphatic heterocycles. The van der Waals surface area contributed by atoms with E-state index in [1.54, 1.807) is 4.90 Å². The Morgan fingerprint density at radius 3 is 2.14 bits per heavy atom. The van der Waals surface area contributed by atoms with Crippen LogP contribution in [0.1, 0.15) is 25.7 Å². The zero-order chi connectivity index (χ0) is 20.1. The van der Waals surface area contributed by atoms with Crippen LogP contribution in [0, 0.1) is 11.6 Å². The molecule has 0 radical (unpaired) electrons. The van der Waals surface area contributed by atoms with Gasteiger partial charge in [-0.2, -0.15) is 0 Å². The van der Waals surface area contributed by atoms with E-state index in [0.717, 1.165) is 37.8 Å². The Kier molecular flexibility index (Phi) is 6.13. The van der Waals surface area contributed by atoms with E-state index in [2.05, 4.69) is 10.0 Å². The minimum atomic E-state index is -4.28. The Morgan fingerprint density at radius 1 is 0.893 bits per heavy atom. The van der Waals surface area contributed by atoms with Crippen LogP contribution in [0.3, 0.4) is 0 Å². The van der Waals surface area contributed by atoms with Crippen LogP contribution in [-0.4, -0.2) is 32.4 Å². The van der Waals surface area contributed by atoms with Crippen molar-refractivity contribution in [2.75, 3.05) is 23.1 Å². The maximum atomic E-state index is 13.7. The fraction of sp³-hybridized carbons (Fsp3) is 0.316. The summed E-state index contributed by atoms with van der Waals surface area (Å²) in [4.78, 5) is 13.3. The normalized spacial score (nSPS) is 15.0. The number of carbonyl (C=O) groups excluding carboxylic acids is 1. The van der Waals surface area contributed by atoms with Gasteiger partial charge < -0.3 is 10.2 Å². The number of hydrogen-bond acceptors (Lipinski definition) is 3. The number of nitrogens with one attached hydrogen (secondary N) is 2. The van der Waals surface area contributed by atoms with Gasteiger partial charge in [0.15, 0.2) is 0 Å². The molecule has 2 N–H and O–H groups in total. The van der Waals surface area contributed by atoms with Gasteiger partial charge in [-0.1, -0.05) is 12.8 Å². The molecule has 1 heterocycles. The van der Waals surface area contributed by atoms with Crippen LogP contribution in [0.25, 0.3) is 0 Å². The Hall–Kier alpha value is -2.68. The van der Waals surface area contributed by atoms with Crippen LogP contribution < -0.4 is 10.0 Å². The van der Waals surface area contributed by atoms with Gasteiger partial charge in [-0.3, -0.25) is 4.72 Å². The molecule has 0 bridgehead atoms. The van der Waals surface area contributed by atoms with E-state index >= 15 is 0 Å². The molecule has 0 unspecified atom stereocenters. The summed E-state index contributed by atoms with van der Waals surface area (Å²) in [6, 6.07) is 7.97. The van der Waals surface area contributed by atoms with Gasteiger partial charge in [0.2, 0.25) is 0 Å². The molecule has 0 aliphatic carbocycles. The summed E-state index contributed by atoms with van der Waals surface area (Å²) in [7, 11) is -4.28. The van der Waals surface area contributed by atoms with Gasteiger partial charge in [0.05, 0.1) is 0 Å². The molecule has 0 spiro atoms. The molecule has 1 saturated heterocycles. The number of urea groups is 1. The molecule has 0 saturated carbocycles. The van der Waals surface area contributed by atoms with Gasteiger partial charge in [0.25, 0.3) is 10.0 Å². The first-order valence-electron chi connectivity index (χ1n) is 8.99. The van der Waals surface area contributed by atoms with Gasteiger partial charge in [-0.05, 0) is 55.3 Å². The van der Waals surface area contributed by atoms with Gasteiger partial charge >= 0.3 is 6.03 Å². The van der Waals surface area contributed by atoms with Gasteiger partial charge in [0.1, 0.15) is 16.5 Å². The van der Waals surface area contributed by atoms with Gasteiger partial charge in [-0.15, -0.1) is 0 Å². The largest absolute Gasteiger partial charge is 0.325 e. The van der Waals surface area contributed by atoms with E-state index < -0.39 is 26.6 Å². The summed E-state index contributed by atoms with van der Waals surface area (Å²) in [6.45, 7) is 1.42. The SMILES string of the molecule is O=C(Nc1ccc(NS(=O)(=O)c2cc(F)ccc2F)cc1)N1CCCCCC1. The average Bonchev–Trinajstić information content (AvgIpc) is 2.94. The number of carbonyl (C=O) groups is 1. The third-order valence-electron chi connectivity index (χ3n) is 4.46. The van der Waals surface area contributed by atoms with Crippen molar-refractivity contribution < 1.29 is 22.0 Å². The van der Waals surface area contributed by atoms with Crippen molar-refractivity contribution in [2.45, 2.75) is 30.6 Å². The van der Waals surface area contributed by atoms with E-state index in [1.165, 1.54) is 24.3 Å². The lowest BCUT2D eigenvalue weighted by Crippen LogP contribution is -2.35. The van der Waals surface area contributed by atoms with Crippen LogP contribution in [0.2, 0.25) is 0 Å². The number of rotatable bonds is 4. The van der Waals surface area contributed by atoms with Crippen molar-refractivity contribution in [3.8, 4) is 0 Å². The van der Waals surface area contributed by atoms with Crippen molar-refractivity contribution >= 4 is 27.4 Å². The molecule has 1 aliphatic rings. The highest BCUT2D eigenvalue weighted by atomic mass is 32.2. The molecule has 2 aromatic carbocycles. The highest BCUT2D eigenvalue weighted by Crippen LogP contribution is 2.21. The first-order chi connectivity index (χ1) is 13.3. The molecule has 2 aromatic rings.